The van der Waals surface area contributed by atoms with Crippen LogP contribution in [-0.2, 0) is 16.1 Å². The molecule has 0 spiro atoms. The summed E-state index contributed by atoms with van der Waals surface area (Å²) in [6.07, 6.45) is 1.41. The molecule has 28 heavy (non-hydrogen) atoms. The zero-order valence-electron chi connectivity index (χ0n) is 14.7. The summed E-state index contributed by atoms with van der Waals surface area (Å²) in [5.41, 5.74) is -0.0201. The molecule has 0 aliphatic carbocycles. The maximum atomic E-state index is 12.3. The number of rotatable bonds is 7. The number of amidine groups is 1. The first-order valence-electron chi connectivity index (χ1n) is 8.13. The number of aliphatic imine (C=N–C) groups is 1. The van der Waals surface area contributed by atoms with E-state index in [4.69, 9.17) is 9.15 Å². The van der Waals surface area contributed by atoms with Gasteiger partial charge in [-0.2, -0.15) is 0 Å². The molecule has 1 aromatic carbocycles. The number of furan rings is 1. The number of nitro groups is 1. The summed E-state index contributed by atoms with van der Waals surface area (Å²) in [6, 6.07) is 7.38. The number of non-ortho nitro benzene ring substituents is 1. The van der Waals surface area contributed by atoms with Crippen molar-refractivity contribution < 1.29 is 23.7 Å². The van der Waals surface area contributed by atoms with Crippen LogP contribution in [0.4, 0.5) is 11.4 Å². The smallest absolute Gasteiger partial charge is 0.271 e. The fourth-order valence-electron chi connectivity index (χ4n) is 2.44. The Hall–Kier alpha value is -3.34. The van der Waals surface area contributed by atoms with E-state index >= 15 is 0 Å². The molecule has 0 bridgehead atoms. The Balaban J connectivity index is 1.62. The molecule has 1 saturated heterocycles. The van der Waals surface area contributed by atoms with E-state index in [1.165, 1.54) is 31.6 Å². The van der Waals surface area contributed by atoms with Crippen LogP contribution in [-0.4, -0.2) is 34.3 Å². The summed E-state index contributed by atoms with van der Waals surface area (Å²) < 4.78 is 10.3. The van der Waals surface area contributed by atoms with Crippen molar-refractivity contribution in [2.24, 2.45) is 4.99 Å². The number of carbonyl (C=O) groups is 2. The van der Waals surface area contributed by atoms with Gasteiger partial charge < -0.3 is 19.8 Å². The number of amides is 2. The number of nitro benzene ring substituents is 1. The van der Waals surface area contributed by atoms with Gasteiger partial charge in [0.15, 0.2) is 5.17 Å². The molecule has 3 rings (SSSR count). The Bertz CT molecular complexity index is 928. The van der Waals surface area contributed by atoms with Gasteiger partial charge in [0.05, 0.1) is 30.5 Å². The number of benzene rings is 1. The topological polar surface area (TPSA) is 136 Å². The lowest BCUT2D eigenvalue weighted by molar-refractivity contribution is -0.384. The molecule has 2 amide bonds. The second-order valence-corrected chi connectivity index (χ2v) is 6.88. The fraction of sp³-hybridized carbons (Fsp3) is 0.235. The van der Waals surface area contributed by atoms with E-state index in [1.807, 2.05) is 0 Å². The number of nitrogens with one attached hydrogen (secondary N) is 2. The van der Waals surface area contributed by atoms with Crippen LogP contribution >= 0.6 is 11.8 Å². The molecule has 1 aromatic heterocycles. The number of anilines is 1. The van der Waals surface area contributed by atoms with Crippen LogP contribution in [0.15, 0.2) is 46.0 Å². The second-order valence-electron chi connectivity index (χ2n) is 5.69. The third kappa shape index (κ3) is 4.68. The number of nitrogens with zero attached hydrogens (tertiary/aromatic N) is 2. The lowest BCUT2D eigenvalue weighted by Crippen LogP contribution is -2.28. The molecule has 146 valence electrons. The minimum Gasteiger partial charge on any atom is -0.495 e. The van der Waals surface area contributed by atoms with E-state index in [-0.39, 0.29) is 36.0 Å². The van der Waals surface area contributed by atoms with Crippen LogP contribution in [0.5, 0.6) is 5.75 Å². The van der Waals surface area contributed by atoms with Crippen LogP contribution in [0, 0.1) is 10.1 Å². The number of hydrogen-bond acceptors (Lipinski definition) is 8. The van der Waals surface area contributed by atoms with Gasteiger partial charge in [-0.15, -0.1) is 0 Å². The van der Waals surface area contributed by atoms with E-state index in [9.17, 15) is 19.7 Å². The first-order chi connectivity index (χ1) is 13.5. The predicted octanol–water partition coefficient (Wildman–Crippen LogP) is 2.31. The van der Waals surface area contributed by atoms with Crippen molar-refractivity contribution in [2.45, 2.75) is 18.2 Å². The third-order valence-electron chi connectivity index (χ3n) is 3.77. The third-order valence-corrected chi connectivity index (χ3v) is 4.89. The molecule has 1 aliphatic rings. The number of ether oxygens (including phenoxy) is 1. The van der Waals surface area contributed by atoms with Crippen molar-refractivity contribution >= 4 is 40.1 Å². The highest BCUT2D eigenvalue weighted by molar-refractivity contribution is 8.15. The average molecular weight is 404 g/mol. The maximum Gasteiger partial charge on any atom is 0.271 e. The molecule has 1 fully saturated rings. The zero-order valence-corrected chi connectivity index (χ0v) is 15.5. The normalized spacial score (nSPS) is 17.4. The van der Waals surface area contributed by atoms with Crippen molar-refractivity contribution in [3.05, 3.63) is 52.5 Å². The van der Waals surface area contributed by atoms with E-state index in [0.717, 1.165) is 11.8 Å². The SMILES string of the molecule is COc1ccc([N+](=O)[O-])cc1NC(=O)CC1SC(=NCc2ccco2)NC1=O. The van der Waals surface area contributed by atoms with E-state index < -0.39 is 16.1 Å². The highest BCUT2D eigenvalue weighted by Crippen LogP contribution is 2.30. The van der Waals surface area contributed by atoms with Crippen molar-refractivity contribution in [3.8, 4) is 5.75 Å². The number of carbonyl (C=O) groups excluding carboxylic acids is 2. The van der Waals surface area contributed by atoms with Crippen LogP contribution in [0.3, 0.4) is 0 Å². The lowest BCUT2D eigenvalue weighted by atomic mass is 10.2. The molecule has 2 N–H and O–H groups in total. The molecular formula is C17H16N4O6S. The standard InChI is InChI=1S/C17H16N4O6S/c1-26-13-5-4-10(21(24)25)7-12(13)19-15(22)8-14-16(23)20-17(28-14)18-9-11-3-2-6-27-11/h2-7,14H,8-9H2,1H3,(H,19,22)(H,18,20,23). The molecule has 0 radical (unpaired) electrons. The summed E-state index contributed by atoms with van der Waals surface area (Å²) in [5.74, 6) is 0.132. The summed E-state index contributed by atoms with van der Waals surface area (Å²) in [6.45, 7) is 0.277. The molecule has 2 aromatic rings. The predicted molar refractivity (Wildman–Crippen MR) is 102 cm³/mol. The largest absolute Gasteiger partial charge is 0.495 e. The summed E-state index contributed by atoms with van der Waals surface area (Å²) >= 11 is 1.14. The van der Waals surface area contributed by atoms with Gasteiger partial charge in [0.2, 0.25) is 11.8 Å². The van der Waals surface area contributed by atoms with E-state index in [0.29, 0.717) is 10.9 Å². The number of hydrogen-bond donors (Lipinski definition) is 2. The molecule has 0 saturated carbocycles. The van der Waals surface area contributed by atoms with Gasteiger partial charge in [-0.1, -0.05) is 11.8 Å². The summed E-state index contributed by atoms with van der Waals surface area (Å²) in [4.78, 5) is 39.0. The van der Waals surface area contributed by atoms with Crippen molar-refractivity contribution in [1.82, 2.24) is 5.32 Å². The van der Waals surface area contributed by atoms with Gasteiger partial charge in [0, 0.05) is 18.6 Å². The molecule has 11 heteroatoms. The Labute approximate surface area is 163 Å². The fourth-order valence-corrected chi connectivity index (χ4v) is 3.41. The van der Waals surface area contributed by atoms with Crippen molar-refractivity contribution in [1.29, 1.82) is 0 Å². The first-order valence-corrected chi connectivity index (χ1v) is 9.01. The molecule has 1 aliphatic heterocycles. The maximum absolute atomic E-state index is 12.3. The molecule has 1 atom stereocenters. The second kappa shape index (κ2) is 8.57. The van der Waals surface area contributed by atoms with Gasteiger partial charge in [-0.05, 0) is 18.2 Å². The van der Waals surface area contributed by atoms with Crippen molar-refractivity contribution in [3.63, 3.8) is 0 Å². The monoisotopic (exact) mass is 404 g/mol. The average Bonchev–Trinajstić information content (AvgIpc) is 3.30. The van der Waals surface area contributed by atoms with E-state index in [1.54, 1.807) is 12.1 Å². The summed E-state index contributed by atoms with van der Waals surface area (Å²) in [5, 5.41) is 15.9. The van der Waals surface area contributed by atoms with Crippen LogP contribution < -0.4 is 15.4 Å². The highest BCUT2D eigenvalue weighted by atomic mass is 32.2. The van der Waals surface area contributed by atoms with Crippen LogP contribution in [0.2, 0.25) is 0 Å². The molecular weight excluding hydrogens is 388 g/mol. The van der Waals surface area contributed by atoms with Gasteiger partial charge >= 0.3 is 0 Å². The zero-order chi connectivity index (χ0) is 20.1. The van der Waals surface area contributed by atoms with Crippen molar-refractivity contribution in [2.75, 3.05) is 12.4 Å². The molecule has 1 unspecified atom stereocenters. The lowest BCUT2D eigenvalue weighted by Gasteiger charge is -2.11. The molecule has 2 heterocycles. The van der Waals surface area contributed by atoms with Gasteiger partial charge in [0.25, 0.3) is 5.69 Å². The summed E-state index contributed by atoms with van der Waals surface area (Å²) in [7, 11) is 1.39. The Kier molecular flexibility index (Phi) is 5.94. The van der Waals surface area contributed by atoms with Gasteiger partial charge in [-0.25, -0.2) is 0 Å². The van der Waals surface area contributed by atoms with Gasteiger partial charge in [-0.3, -0.25) is 24.7 Å². The Morgan fingerprint density at radius 2 is 2.29 bits per heavy atom. The van der Waals surface area contributed by atoms with E-state index in [2.05, 4.69) is 15.6 Å². The van der Waals surface area contributed by atoms with Crippen LogP contribution in [0.25, 0.3) is 0 Å². The Morgan fingerprint density at radius 1 is 1.46 bits per heavy atom. The number of methoxy groups -OCH3 is 1. The van der Waals surface area contributed by atoms with Crippen LogP contribution in [0.1, 0.15) is 12.2 Å². The quantitative estimate of drug-likeness (QED) is 0.534. The molecule has 10 nitrogen and oxygen atoms in total. The highest BCUT2D eigenvalue weighted by Gasteiger charge is 2.32. The number of thioether (sulfide) groups is 1. The first kappa shape index (κ1) is 19.4. The minimum atomic E-state index is -0.653. The Morgan fingerprint density at radius 3 is 2.96 bits per heavy atom. The van der Waals surface area contributed by atoms with Gasteiger partial charge in [0.1, 0.15) is 16.8 Å². The minimum absolute atomic E-state index is 0.123.